The van der Waals surface area contributed by atoms with E-state index in [2.05, 4.69) is 5.32 Å². The molecule has 0 saturated carbocycles. The van der Waals surface area contributed by atoms with E-state index in [1.807, 2.05) is 0 Å². The molecule has 98 valence electrons. The van der Waals surface area contributed by atoms with Gasteiger partial charge in [-0.15, -0.1) is 0 Å². The van der Waals surface area contributed by atoms with Gasteiger partial charge in [0.15, 0.2) is 23.3 Å². The van der Waals surface area contributed by atoms with Gasteiger partial charge in [-0.05, 0) is 6.42 Å². The van der Waals surface area contributed by atoms with Gasteiger partial charge in [-0.25, -0.2) is 17.6 Å². The number of hydrogen-bond donors (Lipinski definition) is 1. The van der Waals surface area contributed by atoms with Gasteiger partial charge in [0.25, 0.3) is 0 Å². The third kappa shape index (κ3) is 2.00. The molecule has 1 fully saturated rings. The van der Waals surface area contributed by atoms with Crippen LogP contribution >= 0.6 is 0 Å². The van der Waals surface area contributed by atoms with Crippen molar-refractivity contribution in [1.29, 1.82) is 0 Å². The molecule has 1 aromatic rings. The zero-order chi connectivity index (χ0) is 13.4. The van der Waals surface area contributed by atoms with Crippen LogP contribution in [0.5, 0.6) is 0 Å². The van der Waals surface area contributed by atoms with Crippen LogP contribution < -0.4 is 5.32 Å². The Labute approximate surface area is 100 Å². The Kier molecular flexibility index (Phi) is 3.14. The Balaban J connectivity index is 2.32. The molecule has 1 N–H and O–H groups in total. The number of nitrogens with zero attached hydrogens (tertiary/aromatic N) is 1. The minimum Gasteiger partial charge on any atom is -0.369 e. The molecule has 1 aromatic carbocycles. The SMILES string of the molecule is CN1CCC(Nc2c(F)c(F)cc(F)c2F)C1=O. The van der Waals surface area contributed by atoms with Crippen molar-refractivity contribution in [1.82, 2.24) is 4.90 Å². The lowest BCUT2D eigenvalue weighted by Gasteiger charge is -2.15. The number of likely N-dealkylation sites (tertiary alicyclic amines) is 1. The number of likely N-dealkylation sites (N-methyl/N-ethyl adjacent to an activating group) is 1. The molecular weight excluding hydrogens is 252 g/mol. The number of carbonyl (C=O) groups is 1. The number of amides is 1. The van der Waals surface area contributed by atoms with Crippen molar-refractivity contribution in [3.8, 4) is 0 Å². The second kappa shape index (κ2) is 4.47. The first-order chi connectivity index (χ1) is 8.41. The summed E-state index contributed by atoms with van der Waals surface area (Å²) in [6.07, 6.45) is 0.312. The first-order valence-corrected chi connectivity index (χ1v) is 5.26. The van der Waals surface area contributed by atoms with E-state index in [0.717, 1.165) is 0 Å². The van der Waals surface area contributed by atoms with Crippen LogP contribution in [0.1, 0.15) is 6.42 Å². The fourth-order valence-electron chi connectivity index (χ4n) is 1.83. The summed E-state index contributed by atoms with van der Waals surface area (Å²) < 4.78 is 52.6. The summed E-state index contributed by atoms with van der Waals surface area (Å²) >= 11 is 0. The highest BCUT2D eigenvalue weighted by Crippen LogP contribution is 2.26. The molecule has 18 heavy (non-hydrogen) atoms. The maximum Gasteiger partial charge on any atom is 0.244 e. The van der Waals surface area contributed by atoms with Crippen LogP contribution in [-0.4, -0.2) is 30.4 Å². The molecule has 1 heterocycles. The van der Waals surface area contributed by atoms with Crippen molar-refractivity contribution in [3.63, 3.8) is 0 Å². The molecule has 3 nitrogen and oxygen atoms in total. The predicted molar refractivity (Wildman–Crippen MR) is 55.9 cm³/mol. The summed E-state index contributed by atoms with van der Waals surface area (Å²) in [5, 5.41) is 2.22. The van der Waals surface area contributed by atoms with Crippen LogP contribution in [0.3, 0.4) is 0 Å². The van der Waals surface area contributed by atoms with Crippen molar-refractivity contribution in [2.24, 2.45) is 0 Å². The molecule has 1 unspecified atom stereocenters. The molecule has 1 amide bonds. The van der Waals surface area contributed by atoms with E-state index < -0.39 is 35.0 Å². The second-order valence-electron chi connectivity index (χ2n) is 4.09. The molecule has 0 aromatic heterocycles. The van der Waals surface area contributed by atoms with Gasteiger partial charge in [0.05, 0.1) is 0 Å². The van der Waals surface area contributed by atoms with Crippen molar-refractivity contribution in [2.75, 3.05) is 18.9 Å². The lowest BCUT2D eigenvalue weighted by molar-refractivity contribution is -0.127. The first kappa shape index (κ1) is 12.7. The summed E-state index contributed by atoms with van der Waals surface area (Å²) in [5.41, 5.74) is -0.943. The maximum absolute atomic E-state index is 13.4. The number of carbonyl (C=O) groups excluding carboxylic acids is 1. The third-order valence-electron chi connectivity index (χ3n) is 2.86. The van der Waals surface area contributed by atoms with Gasteiger partial charge >= 0.3 is 0 Å². The lowest BCUT2D eigenvalue weighted by atomic mass is 10.2. The van der Waals surface area contributed by atoms with Crippen LogP contribution in [0.2, 0.25) is 0 Å². The number of nitrogens with one attached hydrogen (secondary N) is 1. The average Bonchev–Trinajstić information content (AvgIpc) is 2.64. The van der Waals surface area contributed by atoms with E-state index in [0.29, 0.717) is 13.0 Å². The summed E-state index contributed by atoms with van der Waals surface area (Å²) in [6, 6.07) is -0.751. The van der Waals surface area contributed by atoms with Crippen molar-refractivity contribution < 1.29 is 22.4 Å². The topological polar surface area (TPSA) is 32.3 Å². The van der Waals surface area contributed by atoms with Crippen LogP contribution in [0, 0.1) is 23.3 Å². The minimum absolute atomic E-state index is 0.123. The number of anilines is 1. The maximum atomic E-state index is 13.4. The summed E-state index contributed by atoms with van der Waals surface area (Å²) in [5.74, 6) is -6.45. The predicted octanol–water partition coefficient (Wildman–Crippen LogP) is 1.89. The van der Waals surface area contributed by atoms with E-state index in [1.165, 1.54) is 11.9 Å². The minimum atomic E-state index is -1.53. The fraction of sp³-hybridized carbons (Fsp3) is 0.364. The molecule has 0 spiro atoms. The summed E-state index contributed by atoms with van der Waals surface area (Å²) in [6.45, 7) is 0.414. The highest BCUT2D eigenvalue weighted by atomic mass is 19.2. The molecular formula is C11H10F4N2O. The van der Waals surface area contributed by atoms with Crippen LogP contribution in [0.25, 0.3) is 0 Å². The average molecular weight is 262 g/mol. The molecule has 0 radical (unpaired) electrons. The van der Waals surface area contributed by atoms with Gasteiger partial charge < -0.3 is 10.2 Å². The Hall–Kier alpha value is -1.79. The fourth-order valence-corrected chi connectivity index (χ4v) is 1.83. The first-order valence-electron chi connectivity index (χ1n) is 5.26. The molecule has 1 saturated heterocycles. The van der Waals surface area contributed by atoms with Gasteiger partial charge in [-0.1, -0.05) is 0 Å². The molecule has 0 aliphatic carbocycles. The van der Waals surface area contributed by atoms with E-state index >= 15 is 0 Å². The van der Waals surface area contributed by atoms with Gasteiger partial charge in [0.2, 0.25) is 5.91 Å². The Morgan fingerprint density at radius 1 is 1.22 bits per heavy atom. The number of benzene rings is 1. The van der Waals surface area contributed by atoms with E-state index in [4.69, 9.17) is 0 Å². The zero-order valence-corrected chi connectivity index (χ0v) is 9.44. The molecule has 7 heteroatoms. The molecule has 2 rings (SSSR count). The number of hydrogen-bond acceptors (Lipinski definition) is 2. The van der Waals surface area contributed by atoms with E-state index in [1.54, 1.807) is 0 Å². The standard InChI is InChI=1S/C11H10F4N2O/c1-17-3-2-7(11(17)18)16-10-8(14)5(12)4-6(13)9(10)15/h4,7,16H,2-3H2,1H3. The van der Waals surface area contributed by atoms with Crippen LogP contribution in [0.4, 0.5) is 23.2 Å². The number of rotatable bonds is 2. The Morgan fingerprint density at radius 3 is 2.22 bits per heavy atom. The second-order valence-corrected chi connectivity index (χ2v) is 4.09. The van der Waals surface area contributed by atoms with E-state index in [-0.39, 0.29) is 12.0 Å². The highest BCUT2D eigenvalue weighted by Gasteiger charge is 2.31. The lowest BCUT2D eigenvalue weighted by Crippen LogP contribution is -2.31. The van der Waals surface area contributed by atoms with Gasteiger partial charge in [0.1, 0.15) is 11.7 Å². The molecule has 1 aliphatic rings. The smallest absolute Gasteiger partial charge is 0.244 e. The Morgan fingerprint density at radius 2 is 1.78 bits per heavy atom. The van der Waals surface area contributed by atoms with Crippen molar-refractivity contribution in [3.05, 3.63) is 29.3 Å². The normalized spacial score (nSPS) is 19.5. The summed E-state index contributed by atoms with van der Waals surface area (Å²) in [4.78, 5) is 12.9. The van der Waals surface area contributed by atoms with Gasteiger partial charge in [-0.2, -0.15) is 0 Å². The van der Waals surface area contributed by atoms with Gasteiger partial charge in [0, 0.05) is 19.7 Å². The number of halogens is 4. The highest BCUT2D eigenvalue weighted by molar-refractivity contribution is 5.86. The zero-order valence-electron chi connectivity index (χ0n) is 9.44. The van der Waals surface area contributed by atoms with Crippen LogP contribution in [-0.2, 0) is 4.79 Å². The van der Waals surface area contributed by atoms with Crippen molar-refractivity contribution >= 4 is 11.6 Å². The summed E-state index contributed by atoms with van der Waals surface area (Å²) in [7, 11) is 1.53. The monoisotopic (exact) mass is 262 g/mol. The molecule has 1 atom stereocenters. The molecule has 1 aliphatic heterocycles. The largest absolute Gasteiger partial charge is 0.369 e. The van der Waals surface area contributed by atoms with E-state index in [9.17, 15) is 22.4 Å². The quantitative estimate of drug-likeness (QED) is 0.652. The van der Waals surface area contributed by atoms with Crippen LogP contribution in [0.15, 0.2) is 6.07 Å². The van der Waals surface area contributed by atoms with Crippen molar-refractivity contribution in [2.45, 2.75) is 12.5 Å². The Bertz CT molecular complexity index is 480. The molecule has 0 bridgehead atoms. The van der Waals surface area contributed by atoms with Gasteiger partial charge in [-0.3, -0.25) is 4.79 Å². The third-order valence-corrected chi connectivity index (χ3v) is 2.86.